The van der Waals surface area contributed by atoms with E-state index >= 15 is 0 Å². The van der Waals surface area contributed by atoms with Crippen LogP contribution in [0.5, 0.6) is 0 Å². The summed E-state index contributed by atoms with van der Waals surface area (Å²) in [5.41, 5.74) is -0.983. The Morgan fingerprint density at radius 3 is 2.29 bits per heavy atom. The molecule has 96 valence electrons. The minimum atomic E-state index is -1.14. The minimum absolute atomic E-state index is 0.277. The van der Waals surface area contributed by atoms with Crippen molar-refractivity contribution in [2.24, 2.45) is 5.41 Å². The number of esters is 1. The number of hydrogen-bond acceptors (Lipinski definition) is 4. The van der Waals surface area contributed by atoms with Crippen molar-refractivity contribution in [3.8, 4) is 0 Å². The number of carbonyl (C=O) groups excluding carboxylic acids is 3. The van der Waals surface area contributed by atoms with Gasteiger partial charge in [0.2, 0.25) is 0 Å². The summed E-state index contributed by atoms with van der Waals surface area (Å²) in [7, 11) is 1.36. The van der Waals surface area contributed by atoms with E-state index in [1.54, 1.807) is 6.92 Å². The van der Waals surface area contributed by atoms with Crippen LogP contribution in [0.4, 0.5) is 4.79 Å². The highest BCUT2D eigenvalue weighted by atomic mass is 35.5. The number of ether oxygens (including phenoxy) is 1. The molecule has 0 aromatic rings. The number of hydrogen-bond donors (Lipinski definition) is 2. The first kappa shape index (κ1) is 14.1. The van der Waals surface area contributed by atoms with Gasteiger partial charge in [-0.15, -0.1) is 23.2 Å². The molecule has 0 unspecified atom stereocenters. The Hall–Kier alpha value is -1.01. The lowest BCUT2D eigenvalue weighted by Crippen LogP contribution is -2.40. The summed E-state index contributed by atoms with van der Waals surface area (Å²) in [4.78, 5) is 33.4. The van der Waals surface area contributed by atoms with Gasteiger partial charge in [0.05, 0.1) is 0 Å². The maximum absolute atomic E-state index is 11.5. The summed E-state index contributed by atoms with van der Waals surface area (Å²) in [6.45, 7) is 0.998. The molecule has 0 spiro atoms. The Kier molecular flexibility index (Phi) is 3.88. The van der Waals surface area contributed by atoms with Gasteiger partial charge in [0.1, 0.15) is 9.75 Å². The van der Waals surface area contributed by atoms with Crippen LogP contribution >= 0.6 is 23.2 Å². The van der Waals surface area contributed by atoms with Crippen LogP contribution in [0.2, 0.25) is 0 Å². The quantitative estimate of drug-likeness (QED) is 0.586. The van der Waals surface area contributed by atoms with Crippen molar-refractivity contribution < 1.29 is 19.1 Å². The SMILES string of the molecule is CNC(=O)NC(=O)COC(=O)[C@]1(C)CC1(Cl)Cl. The van der Waals surface area contributed by atoms with Crippen molar-refractivity contribution in [2.45, 2.75) is 17.7 Å². The number of halogens is 2. The van der Waals surface area contributed by atoms with E-state index in [0.717, 1.165) is 0 Å². The van der Waals surface area contributed by atoms with Crippen molar-refractivity contribution >= 4 is 41.1 Å². The zero-order valence-corrected chi connectivity index (χ0v) is 10.8. The standard InChI is InChI=1S/C9H12Cl2N2O4/c1-8(4-9(8,10)11)6(15)17-3-5(14)13-7(16)12-2/h3-4H2,1-2H3,(H2,12,13,14,16)/t8-/m0/s1. The summed E-state index contributed by atoms with van der Waals surface area (Å²) in [5, 5.41) is 4.13. The number of nitrogens with one attached hydrogen (secondary N) is 2. The van der Waals surface area contributed by atoms with E-state index in [1.807, 2.05) is 5.32 Å². The average molecular weight is 283 g/mol. The molecule has 17 heavy (non-hydrogen) atoms. The number of alkyl halides is 2. The van der Waals surface area contributed by atoms with Gasteiger partial charge in [-0.05, 0) is 6.92 Å². The van der Waals surface area contributed by atoms with Gasteiger partial charge in [0, 0.05) is 13.5 Å². The molecule has 2 N–H and O–H groups in total. The Balaban J connectivity index is 2.35. The predicted molar refractivity (Wildman–Crippen MR) is 60.7 cm³/mol. The van der Waals surface area contributed by atoms with Crippen LogP contribution in [0, 0.1) is 5.41 Å². The molecule has 1 rings (SSSR count). The molecule has 0 aromatic heterocycles. The fraction of sp³-hybridized carbons (Fsp3) is 0.667. The lowest BCUT2D eigenvalue weighted by molar-refractivity contribution is -0.153. The molecule has 0 aromatic carbocycles. The summed E-state index contributed by atoms with van der Waals surface area (Å²) >= 11 is 11.5. The first-order valence-electron chi connectivity index (χ1n) is 4.79. The van der Waals surface area contributed by atoms with Crippen LogP contribution in [0.1, 0.15) is 13.3 Å². The summed E-state index contributed by atoms with van der Waals surface area (Å²) < 4.78 is 3.57. The lowest BCUT2D eigenvalue weighted by Gasteiger charge is -2.11. The Bertz CT molecular complexity index is 372. The van der Waals surface area contributed by atoms with Gasteiger partial charge in [-0.25, -0.2) is 4.79 Å². The molecule has 0 aliphatic heterocycles. The summed E-state index contributed by atoms with van der Waals surface area (Å²) in [6, 6.07) is -0.673. The number of urea groups is 1. The molecule has 1 saturated carbocycles. The second kappa shape index (κ2) is 4.70. The zero-order valence-electron chi connectivity index (χ0n) is 9.30. The fourth-order valence-electron chi connectivity index (χ4n) is 1.14. The van der Waals surface area contributed by atoms with Crippen LogP contribution in [0.15, 0.2) is 0 Å². The summed E-state index contributed by atoms with van der Waals surface area (Å²) in [6.07, 6.45) is 0.277. The van der Waals surface area contributed by atoms with E-state index in [9.17, 15) is 14.4 Å². The molecule has 0 saturated heterocycles. The third-order valence-corrected chi connectivity index (χ3v) is 3.62. The predicted octanol–water partition coefficient (Wildman–Crippen LogP) is 0.569. The number of rotatable bonds is 3. The smallest absolute Gasteiger partial charge is 0.321 e. The second-order valence-electron chi connectivity index (χ2n) is 3.92. The first-order valence-corrected chi connectivity index (χ1v) is 5.55. The molecule has 3 amide bonds. The number of carbonyl (C=O) groups is 3. The van der Waals surface area contributed by atoms with E-state index in [2.05, 4.69) is 5.32 Å². The molecular weight excluding hydrogens is 271 g/mol. The highest BCUT2D eigenvalue weighted by molar-refractivity contribution is 6.53. The van der Waals surface area contributed by atoms with Crippen molar-refractivity contribution in [3.63, 3.8) is 0 Å². The highest BCUT2D eigenvalue weighted by Gasteiger charge is 2.69. The lowest BCUT2D eigenvalue weighted by atomic mass is 10.1. The van der Waals surface area contributed by atoms with Crippen LogP contribution in [-0.4, -0.2) is 35.9 Å². The van der Waals surface area contributed by atoms with Crippen molar-refractivity contribution in [1.29, 1.82) is 0 Å². The molecule has 0 bridgehead atoms. The molecule has 1 atom stereocenters. The maximum Gasteiger partial charge on any atom is 0.321 e. The van der Waals surface area contributed by atoms with Gasteiger partial charge in [-0.1, -0.05) is 0 Å². The Morgan fingerprint density at radius 1 is 1.35 bits per heavy atom. The third-order valence-electron chi connectivity index (χ3n) is 2.52. The van der Waals surface area contributed by atoms with Crippen LogP contribution < -0.4 is 10.6 Å². The van der Waals surface area contributed by atoms with Gasteiger partial charge in [-0.3, -0.25) is 14.9 Å². The molecule has 6 nitrogen and oxygen atoms in total. The van der Waals surface area contributed by atoms with E-state index in [1.165, 1.54) is 7.05 Å². The van der Waals surface area contributed by atoms with Gasteiger partial charge in [0.25, 0.3) is 5.91 Å². The average Bonchev–Trinajstić information content (AvgIpc) is 2.76. The molecule has 1 aliphatic carbocycles. The van der Waals surface area contributed by atoms with Crippen LogP contribution in [0.3, 0.4) is 0 Å². The monoisotopic (exact) mass is 282 g/mol. The topological polar surface area (TPSA) is 84.5 Å². The normalized spacial score (nSPS) is 24.7. The third kappa shape index (κ3) is 3.01. The molecule has 1 fully saturated rings. The number of imide groups is 1. The second-order valence-corrected chi connectivity index (χ2v) is 5.40. The fourth-order valence-corrected chi connectivity index (χ4v) is 1.83. The first-order chi connectivity index (χ1) is 7.73. The molecule has 0 heterocycles. The Labute approximate surface area is 108 Å². The molecular formula is C9H12Cl2N2O4. The highest BCUT2D eigenvalue weighted by Crippen LogP contribution is 2.64. The van der Waals surface area contributed by atoms with E-state index in [-0.39, 0.29) is 6.42 Å². The van der Waals surface area contributed by atoms with Crippen LogP contribution in [-0.2, 0) is 14.3 Å². The van der Waals surface area contributed by atoms with E-state index < -0.39 is 34.3 Å². The Morgan fingerprint density at radius 2 is 1.88 bits per heavy atom. The van der Waals surface area contributed by atoms with Crippen LogP contribution in [0.25, 0.3) is 0 Å². The van der Waals surface area contributed by atoms with E-state index in [0.29, 0.717) is 0 Å². The van der Waals surface area contributed by atoms with Crippen molar-refractivity contribution in [2.75, 3.05) is 13.7 Å². The van der Waals surface area contributed by atoms with Gasteiger partial charge < -0.3 is 10.1 Å². The minimum Gasteiger partial charge on any atom is -0.455 e. The largest absolute Gasteiger partial charge is 0.455 e. The number of amides is 3. The van der Waals surface area contributed by atoms with Crippen molar-refractivity contribution in [3.05, 3.63) is 0 Å². The van der Waals surface area contributed by atoms with Gasteiger partial charge >= 0.3 is 12.0 Å². The molecule has 8 heteroatoms. The van der Waals surface area contributed by atoms with Gasteiger partial charge in [-0.2, -0.15) is 0 Å². The van der Waals surface area contributed by atoms with Crippen molar-refractivity contribution in [1.82, 2.24) is 10.6 Å². The van der Waals surface area contributed by atoms with E-state index in [4.69, 9.17) is 27.9 Å². The summed E-state index contributed by atoms with van der Waals surface area (Å²) in [5.74, 6) is -1.38. The maximum atomic E-state index is 11.5. The molecule has 1 aliphatic rings. The molecule has 0 radical (unpaired) electrons. The zero-order chi connectivity index (χ0) is 13.3. The van der Waals surface area contributed by atoms with Gasteiger partial charge in [0.15, 0.2) is 6.61 Å².